The van der Waals surface area contributed by atoms with E-state index in [9.17, 15) is 9.59 Å². The molecule has 0 spiro atoms. The topological polar surface area (TPSA) is 73.9 Å². The van der Waals surface area contributed by atoms with Gasteiger partial charge in [-0.3, -0.25) is 4.79 Å². The normalized spacial score (nSPS) is 17.4. The number of anilines is 1. The van der Waals surface area contributed by atoms with Crippen LogP contribution in [-0.4, -0.2) is 68.7 Å². The number of amides is 3. The molecule has 0 aliphatic carbocycles. The highest BCUT2D eigenvalue weighted by Gasteiger charge is 2.23. The van der Waals surface area contributed by atoms with E-state index in [1.807, 2.05) is 43.3 Å². The Kier molecular flexibility index (Phi) is 7.21. The number of carbonyl (C=O) groups is 2. The molecule has 25 heavy (non-hydrogen) atoms. The van der Waals surface area contributed by atoms with Crippen LogP contribution in [0.1, 0.15) is 18.4 Å². The number of methoxy groups -OCH3 is 1. The molecule has 0 bridgehead atoms. The first-order valence-electron chi connectivity index (χ1n) is 8.57. The minimum absolute atomic E-state index is 0.0647. The van der Waals surface area contributed by atoms with Crippen molar-refractivity contribution < 1.29 is 14.3 Å². The van der Waals surface area contributed by atoms with Gasteiger partial charge in [-0.1, -0.05) is 12.1 Å². The molecule has 2 N–H and O–H groups in total. The van der Waals surface area contributed by atoms with Crippen LogP contribution in [0.25, 0.3) is 0 Å². The number of hydrogen-bond donors (Lipinski definition) is 2. The number of likely N-dealkylation sites (tertiary alicyclic amines) is 1. The first-order chi connectivity index (χ1) is 12.0. The number of rotatable bonds is 6. The van der Waals surface area contributed by atoms with Crippen LogP contribution in [0.5, 0.6) is 0 Å². The Morgan fingerprint density at radius 1 is 1.36 bits per heavy atom. The van der Waals surface area contributed by atoms with Crippen molar-refractivity contribution in [3.8, 4) is 0 Å². The van der Waals surface area contributed by atoms with Gasteiger partial charge >= 0.3 is 6.03 Å². The van der Waals surface area contributed by atoms with Crippen LogP contribution in [0.3, 0.4) is 0 Å². The second kappa shape index (κ2) is 9.39. The van der Waals surface area contributed by atoms with Gasteiger partial charge in [0, 0.05) is 32.4 Å². The number of carbonyl (C=O) groups excluding carboxylic acids is 2. The van der Waals surface area contributed by atoms with Crippen molar-refractivity contribution in [2.45, 2.75) is 25.5 Å². The van der Waals surface area contributed by atoms with Crippen molar-refractivity contribution in [2.24, 2.45) is 0 Å². The third-order valence-corrected chi connectivity index (χ3v) is 4.11. The number of hydrogen-bond acceptors (Lipinski definition) is 4. The van der Waals surface area contributed by atoms with Gasteiger partial charge in [-0.25, -0.2) is 4.79 Å². The third-order valence-electron chi connectivity index (χ3n) is 4.11. The molecule has 1 unspecified atom stereocenters. The highest BCUT2D eigenvalue weighted by molar-refractivity contribution is 5.92. The average Bonchev–Trinajstić information content (AvgIpc) is 2.59. The zero-order valence-electron chi connectivity index (χ0n) is 15.2. The fraction of sp³-hybridized carbons (Fsp3) is 0.556. The standard InChI is InChI=1S/C18H28N4O3/c1-21(2)13-17(23)20-15-7-4-6-14(10-15)11-19-18(24)22-9-5-8-16(12-22)25-3/h4,6-7,10,16H,5,8-9,11-13H2,1-3H3,(H,19,24)(H,20,23). The van der Waals surface area contributed by atoms with Gasteiger partial charge in [-0.05, 0) is 44.6 Å². The van der Waals surface area contributed by atoms with E-state index in [2.05, 4.69) is 10.6 Å². The van der Waals surface area contributed by atoms with E-state index in [4.69, 9.17) is 4.74 Å². The summed E-state index contributed by atoms with van der Waals surface area (Å²) in [4.78, 5) is 27.7. The molecular weight excluding hydrogens is 320 g/mol. The molecule has 0 saturated carbocycles. The number of nitrogens with zero attached hydrogens (tertiary/aromatic N) is 2. The molecule has 7 nitrogen and oxygen atoms in total. The largest absolute Gasteiger partial charge is 0.380 e. The molecule has 138 valence electrons. The molecule has 1 heterocycles. The van der Waals surface area contributed by atoms with E-state index in [1.165, 1.54) is 0 Å². The lowest BCUT2D eigenvalue weighted by Crippen LogP contribution is -2.47. The van der Waals surface area contributed by atoms with Gasteiger partial charge in [0.05, 0.1) is 12.6 Å². The molecule has 1 aliphatic rings. The van der Waals surface area contributed by atoms with Gasteiger partial charge in [0.25, 0.3) is 0 Å². The quantitative estimate of drug-likeness (QED) is 0.817. The summed E-state index contributed by atoms with van der Waals surface area (Å²) in [5, 5.41) is 5.79. The SMILES string of the molecule is COC1CCCN(C(=O)NCc2cccc(NC(=O)CN(C)C)c2)C1. The van der Waals surface area contributed by atoms with E-state index in [-0.39, 0.29) is 18.0 Å². The smallest absolute Gasteiger partial charge is 0.317 e. The monoisotopic (exact) mass is 348 g/mol. The molecule has 1 aliphatic heterocycles. The molecule has 1 fully saturated rings. The van der Waals surface area contributed by atoms with Gasteiger partial charge in [0.15, 0.2) is 0 Å². The Balaban J connectivity index is 1.85. The maximum absolute atomic E-state index is 12.3. The first-order valence-corrected chi connectivity index (χ1v) is 8.57. The molecule has 0 aromatic heterocycles. The zero-order chi connectivity index (χ0) is 18.2. The Bertz CT molecular complexity index is 591. The van der Waals surface area contributed by atoms with Crippen LogP contribution in [0.2, 0.25) is 0 Å². The van der Waals surface area contributed by atoms with Gasteiger partial charge in [0.1, 0.15) is 0 Å². The molecule has 1 atom stereocenters. The van der Waals surface area contributed by atoms with Gasteiger partial charge in [-0.15, -0.1) is 0 Å². The Hall–Kier alpha value is -2.12. The van der Waals surface area contributed by atoms with Crippen molar-refractivity contribution in [1.29, 1.82) is 0 Å². The number of benzene rings is 1. The summed E-state index contributed by atoms with van der Waals surface area (Å²) in [6.45, 7) is 2.14. The molecule has 1 saturated heterocycles. The van der Waals surface area contributed by atoms with E-state index in [0.29, 0.717) is 19.6 Å². The first kappa shape index (κ1) is 19.2. The van der Waals surface area contributed by atoms with Crippen LogP contribution >= 0.6 is 0 Å². The maximum atomic E-state index is 12.3. The van der Waals surface area contributed by atoms with Crippen molar-refractivity contribution in [3.63, 3.8) is 0 Å². The van der Waals surface area contributed by atoms with Gasteiger partial charge < -0.3 is 25.2 Å². The molecule has 7 heteroatoms. The average molecular weight is 348 g/mol. The second-order valence-electron chi connectivity index (χ2n) is 6.59. The predicted octanol–water partition coefficient (Wildman–Crippen LogP) is 1.51. The number of ether oxygens (including phenoxy) is 1. The Morgan fingerprint density at radius 3 is 2.88 bits per heavy atom. The summed E-state index contributed by atoms with van der Waals surface area (Å²) < 4.78 is 5.35. The van der Waals surface area contributed by atoms with Gasteiger partial charge in [0.2, 0.25) is 5.91 Å². The fourth-order valence-electron chi connectivity index (χ4n) is 2.85. The lowest BCUT2D eigenvalue weighted by atomic mass is 10.1. The Morgan fingerprint density at radius 2 is 2.16 bits per heavy atom. The number of urea groups is 1. The number of likely N-dealkylation sites (N-methyl/N-ethyl adjacent to an activating group) is 1. The molecule has 2 rings (SSSR count). The summed E-state index contributed by atoms with van der Waals surface area (Å²) in [5.41, 5.74) is 1.67. The molecule has 1 aromatic rings. The van der Waals surface area contributed by atoms with E-state index in [1.54, 1.807) is 12.0 Å². The molecule has 0 radical (unpaired) electrons. The summed E-state index contributed by atoms with van der Waals surface area (Å²) >= 11 is 0. The van der Waals surface area contributed by atoms with E-state index < -0.39 is 0 Å². The van der Waals surface area contributed by atoms with Crippen LogP contribution in [0, 0.1) is 0 Å². The van der Waals surface area contributed by atoms with Crippen molar-refractivity contribution in [1.82, 2.24) is 15.1 Å². The summed E-state index contributed by atoms with van der Waals surface area (Å²) in [6, 6.07) is 7.43. The summed E-state index contributed by atoms with van der Waals surface area (Å²) in [5.74, 6) is -0.0647. The lowest BCUT2D eigenvalue weighted by Gasteiger charge is -2.31. The maximum Gasteiger partial charge on any atom is 0.317 e. The minimum Gasteiger partial charge on any atom is -0.380 e. The molecule has 1 aromatic carbocycles. The predicted molar refractivity (Wildman–Crippen MR) is 97.5 cm³/mol. The van der Waals surface area contributed by atoms with Crippen LogP contribution < -0.4 is 10.6 Å². The van der Waals surface area contributed by atoms with Crippen LogP contribution in [0.4, 0.5) is 10.5 Å². The molecule has 3 amide bonds. The zero-order valence-corrected chi connectivity index (χ0v) is 15.2. The van der Waals surface area contributed by atoms with E-state index >= 15 is 0 Å². The Labute approximate surface area is 149 Å². The van der Waals surface area contributed by atoms with Crippen molar-refractivity contribution in [3.05, 3.63) is 29.8 Å². The fourth-order valence-corrected chi connectivity index (χ4v) is 2.85. The van der Waals surface area contributed by atoms with Crippen LogP contribution in [-0.2, 0) is 16.1 Å². The minimum atomic E-state index is -0.0798. The number of nitrogens with one attached hydrogen (secondary N) is 2. The third kappa shape index (κ3) is 6.36. The highest BCUT2D eigenvalue weighted by atomic mass is 16.5. The lowest BCUT2D eigenvalue weighted by molar-refractivity contribution is -0.116. The van der Waals surface area contributed by atoms with Gasteiger partial charge in [-0.2, -0.15) is 0 Å². The highest BCUT2D eigenvalue weighted by Crippen LogP contribution is 2.13. The summed E-state index contributed by atoms with van der Waals surface area (Å²) in [6.07, 6.45) is 2.07. The second-order valence-corrected chi connectivity index (χ2v) is 6.59. The van der Waals surface area contributed by atoms with Crippen molar-refractivity contribution in [2.75, 3.05) is 46.2 Å². The van der Waals surface area contributed by atoms with Crippen LogP contribution in [0.15, 0.2) is 24.3 Å². The number of piperidine rings is 1. The van der Waals surface area contributed by atoms with E-state index in [0.717, 1.165) is 30.6 Å². The molecular formula is C18H28N4O3. The van der Waals surface area contributed by atoms with Crippen molar-refractivity contribution >= 4 is 17.6 Å². The summed E-state index contributed by atoms with van der Waals surface area (Å²) in [7, 11) is 5.38.